The van der Waals surface area contributed by atoms with E-state index >= 15 is 0 Å². The van der Waals surface area contributed by atoms with E-state index in [9.17, 15) is 0 Å². The van der Waals surface area contributed by atoms with Crippen molar-refractivity contribution < 1.29 is 4.74 Å². The Balaban J connectivity index is 2.26. The van der Waals surface area contributed by atoms with E-state index in [-0.39, 0.29) is 0 Å². The van der Waals surface area contributed by atoms with Crippen LogP contribution in [-0.4, -0.2) is 26.2 Å². The van der Waals surface area contributed by atoms with E-state index in [0.717, 1.165) is 18.0 Å². The molecule has 0 aliphatic carbocycles. The van der Waals surface area contributed by atoms with E-state index in [0.29, 0.717) is 18.3 Å². The van der Waals surface area contributed by atoms with Gasteiger partial charge in [0.1, 0.15) is 5.75 Å². The first-order chi connectivity index (χ1) is 7.76. The third-order valence-electron chi connectivity index (χ3n) is 3.20. The number of nitrogens with zero attached hydrogens (tertiary/aromatic N) is 1. The van der Waals surface area contributed by atoms with Gasteiger partial charge in [0.25, 0.3) is 0 Å². The topological polar surface area (TPSA) is 64.5 Å². The molecule has 0 spiro atoms. The van der Waals surface area contributed by atoms with Gasteiger partial charge in [-0.25, -0.2) is 0 Å². The molecule has 16 heavy (non-hydrogen) atoms. The van der Waals surface area contributed by atoms with Crippen LogP contribution in [-0.2, 0) is 0 Å². The van der Waals surface area contributed by atoms with Crippen molar-refractivity contribution >= 4 is 11.4 Å². The lowest BCUT2D eigenvalue weighted by atomic mass is 10.2. The van der Waals surface area contributed by atoms with Gasteiger partial charge in [-0.15, -0.1) is 0 Å². The Kier molecular flexibility index (Phi) is 3.19. The molecule has 0 saturated carbocycles. The lowest BCUT2D eigenvalue weighted by Gasteiger charge is -2.26. The fraction of sp³-hybridized carbons (Fsp3) is 0.500. The van der Waals surface area contributed by atoms with E-state index in [1.165, 1.54) is 12.8 Å². The second-order valence-electron chi connectivity index (χ2n) is 4.15. The van der Waals surface area contributed by atoms with Crippen LogP contribution in [0.15, 0.2) is 18.2 Å². The van der Waals surface area contributed by atoms with Crippen molar-refractivity contribution in [2.75, 3.05) is 30.8 Å². The van der Waals surface area contributed by atoms with Gasteiger partial charge in [-0.05, 0) is 25.0 Å². The first-order valence-electron chi connectivity index (χ1n) is 5.66. The minimum Gasteiger partial charge on any atom is -0.495 e. The van der Waals surface area contributed by atoms with Gasteiger partial charge in [-0.1, -0.05) is 0 Å². The molecule has 4 N–H and O–H groups in total. The number of methoxy groups -OCH3 is 1. The van der Waals surface area contributed by atoms with Crippen molar-refractivity contribution in [3.05, 3.63) is 18.2 Å². The van der Waals surface area contributed by atoms with Crippen LogP contribution in [0.2, 0.25) is 0 Å². The summed E-state index contributed by atoms with van der Waals surface area (Å²) >= 11 is 0. The maximum Gasteiger partial charge on any atom is 0.143 e. The van der Waals surface area contributed by atoms with Crippen LogP contribution in [0.1, 0.15) is 12.8 Å². The van der Waals surface area contributed by atoms with Gasteiger partial charge in [-0.3, -0.25) is 0 Å². The molecule has 88 valence electrons. The van der Waals surface area contributed by atoms with Crippen molar-refractivity contribution in [1.29, 1.82) is 0 Å². The Hall–Kier alpha value is -1.42. The highest BCUT2D eigenvalue weighted by molar-refractivity contribution is 5.63. The molecular weight excluding hydrogens is 202 g/mol. The van der Waals surface area contributed by atoms with Crippen LogP contribution in [0.4, 0.5) is 11.4 Å². The normalized spacial score (nSPS) is 20.1. The Bertz CT molecular complexity index is 367. The van der Waals surface area contributed by atoms with Crippen LogP contribution in [0.25, 0.3) is 0 Å². The largest absolute Gasteiger partial charge is 0.495 e. The molecule has 1 aliphatic rings. The summed E-state index contributed by atoms with van der Waals surface area (Å²) in [7, 11) is 1.64. The maximum atomic E-state index is 5.80. The molecule has 4 nitrogen and oxygen atoms in total. The van der Waals surface area contributed by atoms with Gasteiger partial charge < -0.3 is 21.1 Å². The molecule has 1 heterocycles. The van der Waals surface area contributed by atoms with Gasteiger partial charge in [0.05, 0.1) is 12.8 Å². The molecule has 0 amide bonds. The summed E-state index contributed by atoms with van der Waals surface area (Å²) in [6.07, 6.45) is 2.37. The van der Waals surface area contributed by atoms with Crippen LogP contribution in [0.3, 0.4) is 0 Å². The summed E-state index contributed by atoms with van der Waals surface area (Å²) in [5, 5.41) is 0. The minimum atomic E-state index is 0.452. The molecule has 1 aromatic rings. The fourth-order valence-electron chi connectivity index (χ4n) is 2.30. The molecule has 1 aromatic carbocycles. The Labute approximate surface area is 96.2 Å². The Morgan fingerprint density at radius 2 is 2.31 bits per heavy atom. The van der Waals surface area contributed by atoms with E-state index < -0.39 is 0 Å². The van der Waals surface area contributed by atoms with Crippen LogP contribution >= 0.6 is 0 Å². The number of hydrogen-bond acceptors (Lipinski definition) is 4. The Morgan fingerprint density at radius 3 is 3.00 bits per heavy atom. The van der Waals surface area contributed by atoms with Gasteiger partial charge in [0, 0.05) is 30.9 Å². The summed E-state index contributed by atoms with van der Waals surface area (Å²) in [6, 6.07) is 6.36. The second kappa shape index (κ2) is 4.61. The summed E-state index contributed by atoms with van der Waals surface area (Å²) in [5.41, 5.74) is 13.4. The third kappa shape index (κ3) is 1.93. The number of ether oxygens (including phenoxy) is 1. The predicted molar refractivity (Wildman–Crippen MR) is 66.8 cm³/mol. The first kappa shape index (κ1) is 11.1. The van der Waals surface area contributed by atoms with Gasteiger partial charge in [-0.2, -0.15) is 0 Å². The second-order valence-corrected chi connectivity index (χ2v) is 4.15. The van der Waals surface area contributed by atoms with Crippen LogP contribution < -0.4 is 21.1 Å². The highest BCUT2D eigenvalue weighted by atomic mass is 16.5. The molecular formula is C12H19N3O. The molecule has 1 aliphatic heterocycles. The third-order valence-corrected chi connectivity index (χ3v) is 3.20. The molecule has 1 fully saturated rings. The van der Waals surface area contributed by atoms with Crippen molar-refractivity contribution in [1.82, 2.24) is 0 Å². The molecule has 1 atom stereocenters. The zero-order valence-electron chi connectivity index (χ0n) is 9.65. The van der Waals surface area contributed by atoms with Crippen molar-refractivity contribution in [3.63, 3.8) is 0 Å². The molecule has 0 bridgehead atoms. The van der Waals surface area contributed by atoms with E-state index in [1.807, 2.05) is 18.2 Å². The zero-order chi connectivity index (χ0) is 11.5. The number of nitrogens with two attached hydrogens (primary N) is 2. The van der Waals surface area contributed by atoms with Crippen LogP contribution in [0.5, 0.6) is 5.75 Å². The first-order valence-corrected chi connectivity index (χ1v) is 5.66. The van der Waals surface area contributed by atoms with Gasteiger partial charge in [0.2, 0.25) is 0 Å². The van der Waals surface area contributed by atoms with Crippen LogP contribution in [0, 0.1) is 0 Å². The van der Waals surface area contributed by atoms with E-state index in [4.69, 9.17) is 16.2 Å². The molecule has 1 unspecified atom stereocenters. The monoisotopic (exact) mass is 221 g/mol. The summed E-state index contributed by atoms with van der Waals surface area (Å²) in [5.74, 6) is 0.736. The average Bonchev–Trinajstić information content (AvgIpc) is 2.78. The zero-order valence-corrected chi connectivity index (χ0v) is 9.65. The van der Waals surface area contributed by atoms with Gasteiger partial charge >= 0.3 is 0 Å². The summed E-state index contributed by atoms with van der Waals surface area (Å²) in [6.45, 7) is 1.77. The molecule has 0 aromatic heterocycles. The predicted octanol–water partition coefficient (Wildman–Crippen LogP) is 1.20. The molecule has 0 radical (unpaired) electrons. The quantitative estimate of drug-likeness (QED) is 0.753. The number of nitrogen functional groups attached to an aromatic ring is 1. The maximum absolute atomic E-state index is 5.80. The lowest BCUT2D eigenvalue weighted by molar-refractivity contribution is 0.417. The summed E-state index contributed by atoms with van der Waals surface area (Å²) in [4.78, 5) is 2.34. The number of hydrogen-bond donors (Lipinski definition) is 2. The SMILES string of the molecule is COc1cc(N2CCCC2CN)ccc1N. The van der Waals surface area contributed by atoms with E-state index in [1.54, 1.807) is 7.11 Å². The number of rotatable bonds is 3. The average molecular weight is 221 g/mol. The highest BCUT2D eigenvalue weighted by Crippen LogP contribution is 2.31. The number of anilines is 2. The van der Waals surface area contributed by atoms with Gasteiger partial charge in [0.15, 0.2) is 0 Å². The molecule has 2 rings (SSSR count). The van der Waals surface area contributed by atoms with Crippen molar-refractivity contribution in [3.8, 4) is 5.75 Å². The lowest BCUT2D eigenvalue weighted by Crippen LogP contribution is -2.35. The molecule has 1 saturated heterocycles. The van der Waals surface area contributed by atoms with Crippen molar-refractivity contribution in [2.45, 2.75) is 18.9 Å². The van der Waals surface area contributed by atoms with E-state index in [2.05, 4.69) is 4.90 Å². The fourth-order valence-corrected chi connectivity index (χ4v) is 2.30. The minimum absolute atomic E-state index is 0.452. The highest BCUT2D eigenvalue weighted by Gasteiger charge is 2.23. The number of benzene rings is 1. The smallest absolute Gasteiger partial charge is 0.143 e. The Morgan fingerprint density at radius 1 is 1.50 bits per heavy atom. The van der Waals surface area contributed by atoms with Crippen molar-refractivity contribution in [2.24, 2.45) is 5.73 Å². The standard InChI is InChI=1S/C12H19N3O/c1-16-12-7-9(4-5-11(12)14)15-6-2-3-10(15)8-13/h4-5,7,10H,2-3,6,8,13-14H2,1H3. The molecule has 4 heteroatoms. The summed E-state index contributed by atoms with van der Waals surface area (Å²) < 4.78 is 5.23.